The first-order valence-corrected chi connectivity index (χ1v) is 10.1. The van der Waals surface area contributed by atoms with Crippen LogP contribution in [0.4, 0.5) is 0 Å². The third-order valence-corrected chi connectivity index (χ3v) is 6.23. The Morgan fingerprint density at radius 3 is 2.43 bits per heavy atom. The summed E-state index contributed by atoms with van der Waals surface area (Å²) < 4.78 is 10.7. The Morgan fingerprint density at radius 1 is 0.933 bits per heavy atom. The van der Waals surface area contributed by atoms with Crippen molar-refractivity contribution in [3.05, 3.63) is 72.3 Å². The van der Waals surface area contributed by atoms with E-state index in [0.717, 1.165) is 11.1 Å². The summed E-state index contributed by atoms with van der Waals surface area (Å²) in [4.78, 5) is 23.1. The van der Waals surface area contributed by atoms with Gasteiger partial charge in [0.15, 0.2) is 11.5 Å². The highest BCUT2D eigenvalue weighted by Crippen LogP contribution is 2.38. The fourth-order valence-electron chi connectivity index (χ4n) is 4.71. The normalized spacial score (nSPS) is 23.7. The van der Waals surface area contributed by atoms with E-state index >= 15 is 0 Å². The maximum atomic E-state index is 13.0. The number of piperazine rings is 1. The highest BCUT2D eigenvalue weighted by atomic mass is 16.7. The van der Waals surface area contributed by atoms with E-state index in [4.69, 9.17) is 9.47 Å². The van der Waals surface area contributed by atoms with E-state index in [0.29, 0.717) is 36.1 Å². The number of nitrogens with zero attached hydrogens (tertiary/aromatic N) is 3. The molecule has 0 saturated carbocycles. The molecule has 7 heteroatoms. The Labute approximate surface area is 173 Å². The number of hydrogen-bond donors (Lipinski definition) is 1. The van der Waals surface area contributed by atoms with Gasteiger partial charge in [0.1, 0.15) is 6.33 Å². The summed E-state index contributed by atoms with van der Waals surface area (Å²) in [6.45, 7) is 1.61. The van der Waals surface area contributed by atoms with Crippen LogP contribution in [-0.4, -0.2) is 52.7 Å². The van der Waals surface area contributed by atoms with Gasteiger partial charge in [-0.15, -0.1) is 0 Å². The van der Waals surface area contributed by atoms with Crippen LogP contribution < -0.4 is 14.8 Å². The Hall–Kier alpha value is -3.45. The van der Waals surface area contributed by atoms with Gasteiger partial charge in [-0.2, -0.15) is 0 Å². The summed E-state index contributed by atoms with van der Waals surface area (Å²) in [6.07, 6.45) is 5.18. The molecule has 3 aromatic rings. The molecule has 150 valence electrons. The van der Waals surface area contributed by atoms with Crippen molar-refractivity contribution in [3.8, 4) is 22.6 Å². The smallest absolute Gasteiger partial charge is 0.254 e. The molecule has 30 heavy (non-hydrogen) atoms. The van der Waals surface area contributed by atoms with Crippen LogP contribution in [0.3, 0.4) is 0 Å². The molecule has 4 aliphatic heterocycles. The minimum absolute atomic E-state index is 0.0441. The van der Waals surface area contributed by atoms with Crippen LogP contribution in [0.25, 0.3) is 11.1 Å². The Morgan fingerprint density at radius 2 is 1.67 bits per heavy atom. The van der Waals surface area contributed by atoms with Crippen molar-refractivity contribution in [1.29, 1.82) is 0 Å². The molecule has 0 spiro atoms. The number of carbonyl (C=O) groups excluding carboxylic acids is 1. The number of ether oxygens (including phenoxy) is 2. The highest BCUT2D eigenvalue weighted by Gasteiger charge is 2.48. The summed E-state index contributed by atoms with van der Waals surface area (Å²) >= 11 is 0. The number of aromatic nitrogens is 2. The van der Waals surface area contributed by atoms with Crippen LogP contribution in [0.1, 0.15) is 21.8 Å². The van der Waals surface area contributed by atoms with E-state index in [1.807, 2.05) is 23.4 Å². The molecule has 5 heterocycles. The van der Waals surface area contributed by atoms with Gasteiger partial charge in [-0.1, -0.05) is 24.3 Å². The van der Waals surface area contributed by atoms with Crippen molar-refractivity contribution in [2.45, 2.75) is 18.0 Å². The molecule has 0 aliphatic carbocycles. The summed E-state index contributed by atoms with van der Waals surface area (Å²) in [6, 6.07) is 14.6. The van der Waals surface area contributed by atoms with Crippen molar-refractivity contribution in [2.24, 2.45) is 0 Å². The van der Waals surface area contributed by atoms with E-state index in [1.54, 1.807) is 12.1 Å². The molecule has 3 fully saturated rings. The minimum atomic E-state index is 0.0441. The largest absolute Gasteiger partial charge is 0.454 e. The van der Waals surface area contributed by atoms with Crippen LogP contribution in [0, 0.1) is 0 Å². The molecule has 1 aromatic heterocycles. The lowest BCUT2D eigenvalue weighted by molar-refractivity contribution is 0.0367. The van der Waals surface area contributed by atoms with Gasteiger partial charge in [-0.25, -0.2) is 9.97 Å². The molecule has 2 aromatic carbocycles. The second kappa shape index (κ2) is 6.81. The first-order valence-electron chi connectivity index (χ1n) is 10.1. The number of rotatable bonds is 3. The third kappa shape index (κ3) is 2.81. The quantitative estimate of drug-likeness (QED) is 0.728. The van der Waals surface area contributed by atoms with Crippen LogP contribution in [0.2, 0.25) is 0 Å². The van der Waals surface area contributed by atoms with Gasteiger partial charge in [0.25, 0.3) is 5.91 Å². The minimum Gasteiger partial charge on any atom is -0.454 e. The van der Waals surface area contributed by atoms with Crippen molar-refractivity contribution >= 4 is 5.91 Å². The first kappa shape index (κ1) is 17.4. The lowest BCUT2D eigenvalue weighted by Crippen LogP contribution is -2.72. The SMILES string of the molecule is O=C(c1ccc2c(c1)OCO2)N1C[C@@H]2N[C@H](C1)C2c1ccc(-c2cncnc2)cc1. The summed E-state index contributed by atoms with van der Waals surface area (Å²) in [5.74, 6) is 1.80. The average Bonchev–Trinajstić information content (AvgIpc) is 3.28. The Bertz CT molecular complexity index is 1090. The maximum absolute atomic E-state index is 13.0. The first-order chi connectivity index (χ1) is 14.8. The number of nitrogens with one attached hydrogen (secondary N) is 1. The second-order valence-electron chi connectivity index (χ2n) is 7.93. The van der Waals surface area contributed by atoms with E-state index in [-0.39, 0.29) is 24.8 Å². The standard InChI is InChI=1S/C23H20N4O3/c28-23(16-5-6-20-21(7-16)30-13-29-20)27-10-18-22(19(11-27)26-18)15-3-1-14(2-4-15)17-8-24-12-25-9-17/h1-9,12,18-19,22,26H,10-11,13H2/t18-,19+,22?. The van der Waals surface area contributed by atoms with Crippen LogP contribution in [0.5, 0.6) is 11.5 Å². The summed E-state index contributed by atoms with van der Waals surface area (Å²) in [7, 11) is 0. The van der Waals surface area contributed by atoms with Crippen LogP contribution in [-0.2, 0) is 0 Å². The lowest BCUT2D eigenvalue weighted by Gasteiger charge is -2.54. The number of carbonyl (C=O) groups is 1. The fraction of sp³-hybridized carbons (Fsp3) is 0.261. The molecule has 2 bridgehead atoms. The van der Waals surface area contributed by atoms with E-state index in [9.17, 15) is 4.79 Å². The van der Waals surface area contributed by atoms with Crippen LogP contribution >= 0.6 is 0 Å². The predicted octanol–water partition coefficient (Wildman–Crippen LogP) is 2.45. The molecule has 3 saturated heterocycles. The monoisotopic (exact) mass is 400 g/mol. The van der Waals surface area contributed by atoms with Gasteiger partial charge < -0.3 is 19.7 Å². The topological polar surface area (TPSA) is 76.6 Å². The molecule has 0 radical (unpaired) electrons. The molecular formula is C23H20N4O3. The van der Waals surface area contributed by atoms with Gasteiger partial charge in [0, 0.05) is 54.6 Å². The Balaban J connectivity index is 1.16. The van der Waals surface area contributed by atoms with Crippen molar-refractivity contribution in [2.75, 3.05) is 19.9 Å². The molecular weight excluding hydrogens is 380 g/mol. The summed E-state index contributed by atoms with van der Waals surface area (Å²) in [5, 5.41) is 3.59. The molecule has 7 rings (SSSR count). The predicted molar refractivity (Wildman–Crippen MR) is 109 cm³/mol. The van der Waals surface area contributed by atoms with E-state index < -0.39 is 0 Å². The zero-order valence-corrected chi connectivity index (χ0v) is 16.2. The molecule has 1 amide bonds. The average molecular weight is 400 g/mol. The number of hydrogen-bond acceptors (Lipinski definition) is 6. The second-order valence-corrected chi connectivity index (χ2v) is 7.93. The van der Waals surface area contributed by atoms with Crippen molar-refractivity contribution in [1.82, 2.24) is 20.2 Å². The molecule has 1 N–H and O–H groups in total. The zero-order chi connectivity index (χ0) is 20.1. The summed E-state index contributed by atoms with van der Waals surface area (Å²) in [5.41, 5.74) is 4.07. The van der Waals surface area contributed by atoms with Crippen molar-refractivity contribution < 1.29 is 14.3 Å². The molecule has 1 unspecified atom stereocenters. The molecule has 3 atom stereocenters. The van der Waals surface area contributed by atoms with Gasteiger partial charge in [0.2, 0.25) is 6.79 Å². The third-order valence-electron chi connectivity index (χ3n) is 6.23. The van der Waals surface area contributed by atoms with E-state index in [2.05, 4.69) is 39.6 Å². The highest BCUT2D eigenvalue weighted by molar-refractivity contribution is 5.95. The lowest BCUT2D eigenvalue weighted by atomic mass is 9.74. The van der Waals surface area contributed by atoms with Gasteiger partial charge in [-0.05, 0) is 29.3 Å². The number of piperidine rings is 1. The number of benzene rings is 2. The molecule has 4 aliphatic rings. The van der Waals surface area contributed by atoms with Crippen molar-refractivity contribution in [3.63, 3.8) is 0 Å². The van der Waals surface area contributed by atoms with E-state index in [1.165, 1.54) is 11.9 Å². The maximum Gasteiger partial charge on any atom is 0.254 e. The Kier molecular flexibility index (Phi) is 3.95. The van der Waals surface area contributed by atoms with Gasteiger partial charge in [0.05, 0.1) is 0 Å². The fourth-order valence-corrected chi connectivity index (χ4v) is 4.71. The van der Waals surface area contributed by atoms with Gasteiger partial charge in [-0.3, -0.25) is 4.79 Å². The number of fused-ring (bicyclic) bond motifs is 3. The van der Waals surface area contributed by atoms with Crippen LogP contribution in [0.15, 0.2) is 61.2 Å². The van der Waals surface area contributed by atoms with Gasteiger partial charge >= 0.3 is 0 Å². The zero-order valence-electron chi connectivity index (χ0n) is 16.2. The molecule has 7 nitrogen and oxygen atoms in total. The number of amides is 1.